The largest absolute Gasteiger partial charge is 0.379 e. The quantitative estimate of drug-likeness (QED) is 0.895. The number of carbonyl (C=O) groups is 1. The lowest BCUT2D eigenvalue weighted by Crippen LogP contribution is -2.46. The van der Waals surface area contributed by atoms with Crippen LogP contribution in [-0.2, 0) is 11.3 Å². The van der Waals surface area contributed by atoms with Crippen LogP contribution in [-0.4, -0.2) is 37.9 Å². The summed E-state index contributed by atoms with van der Waals surface area (Å²) in [6.45, 7) is 0.347. The molecule has 1 aromatic heterocycles. The normalized spacial score (nSPS) is 21.0. The molecule has 1 saturated heterocycles. The summed E-state index contributed by atoms with van der Waals surface area (Å²) in [5.41, 5.74) is 0.543. The minimum Gasteiger partial charge on any atom is -0.379 e. The zero-order chi connectivity index (χ0) is 15.6. The standard InChI is InChI=1S/C15H16ClN3O2S/c16-12-1-3-13(4-2-12)19-9-11(8-18-19)7-17-14(20)15(21)5-6-22-10-15/h1-4,8-9,21H,5-7,10H2,(H,17,20)/t15-/m1/s1. The average molecular weight is 338 g/mol. The van der Waals surface area contributed by atoms with E-state index in [-0.39, 0.29) is 5.91 Å². The van der Waals surface area contributed by atoms with Crippen molar-refractivity contribution in [3.63, 3.8) is 0 Å². The van der Waals surface area contributed by atoms with Gasteiger partial charge in [0.2, 0.25) is 0 Å². The minimum absolute atomic E-state index is 0.309. The van der Waals surface area contributed by atoms with E-state index in [0.717, 1.165) is 17.0 Å². The third kappa shape index (κ3) is 3.29. The molecule has 116 valence electrons. The molecule has 1 fully saturated rings. The van der Waals surface area contributed by atoms with Gasteiger partial charge in [-0.05, 0) is 36.4 Å². The molecule has 0 radical (unpaired) electrons. The fourth-order valence-electron chi connectivity index (χ4n) is 2.27. The zero-order valence-electron chi connectivity index (χ0n) is 11.8. The van der Waals surface area contributed by atoms with Gasteiger partial charge in [-0.2, -0.15) is 16.9 Å². The van der Waals surface area contributed by atoms with Crippen LogP contribution in [0.1, 0.15) is 12.0 Å². The van der Waals surface area contributed by atoms with E-state index in [1.54, 1.807) is 34.8 Å². The highest BCUT2D eigenvalue weighted by molar-refractivity contribution is 7.99. The molecule has 2 heterocycles. The first-order valence-electron chi connectivity index (χ1n) is 6.95. The van der Waals surface area contributed by atoms with Gasteiger partial charge in [0.15, 0.2) is 5.60 Å². The number of halogens is 1. The van der Waals surface area contributed by atoms with Crippen molar-refractivity contribution in [2.24, 2.45) is 0 Å². The van der Waals surface area contributed by atoms with E-state index < -0.39 is 5.60 Å². The molecule has 5 nitrogen and oxygen atoms in total. The summed E-state index contributed by atoms with van der Waals surface area (Å²) in [4.78, 5) is 12.0. The van der Waals surface area contributed by atoms with Crippen LogP contribution in [0.15, 0.2) is 36.7 Å². The average Bonchev–Trinajstić information content (AvgIpc) is 3.15. The van der Waals surface area contributed by atoms with Gasteiger partial charge in [0.1, 0.15) is 0 Å². The molecule has 3 rings (SSSR count). The van der Waals surface area contributed by atoms with Gasteiger partial charge in [-0.25, -0.2) is 4.68 Å². The lowest BCUT2D eigenvalue weighted by Gasteiger charge is -2.19. The second-order valence-corrected chi connectivity index (χ2v) is 6.83. The lowest BCUT2D eigenvalue weighted by atomic mass is 10.0. The first-order chi connectivity index (χ1) is 10.6. The molecular weight excluding hydrogens is 322 g/mol. The van der Waals surface area contributed by atoms with Crippen LogP contribution >= 0.6 is 23.4 Å². The van der Waals surface area contributed by atoms with Gasteiger partial charge in [0, 0.05) is 29.1 Å². The van der Waals surface area contributed by atoms with Crippen LogP contribution in [0.3, 0.4) is 0 Å². The molecule has 1 atom stereocenters. The van der Waals surface area contributed by atoms with Crippen molar-refractivity contribution in [3.05, 3.63) is 47.2 Å². The molecule has 7 heteroatoms. The van der Waals surface area contributed by atoms with E-state index in [2.05, 4.69) is 10.4 Å². The minimum atomic E-state index is -1.23. The Hall–Kier alpha value is -1.50. The summed E-state index contributed by atoms with van der Waals surface area (Å²) < 4.78 is 1.72. The van der Waals surface area contributed by atoms with E-state index in [1.807, 2.05) is 18.3 Å². The molecule has 1 amide bonds. The number of aliphatic hydroxyl groups is 1. The Bertz CT molecular complexity index is 666. The van der Waals surface area contributed by atoms with Crippen molar-refractivity contribution < 1.29 is 9.90 Å². The van der Waals surface area contributed by atoms with Crippen molar-refractivity contribution in [1.29, 1.82) is 0 Å². The highest BCUT2D eigenvalue weighted by Crippen LogP contribution is 2.27. The molecular formula is C15H16ClN3O2S. The Morgan fingerprint density at radius 2 is 2.23 bits per heavy atom. The van der Waals surface area contributed by atoms with Gasteiger partial charge in [-0.1, -0.05) is 11.6 Å². The van der Waals surface area contributed by atoms with Crippen molar-refractivity contribution in [2.75, 3.05) is 11.5 Å². The molecule has 0 spiro atoms. The van der Waals surface area contributed by atoms with Crippen molar-refractivity contribution >= 4 is 29.3 Å². The van der Waals surface area contributed by atoms with Gasteiger partial charge in [-0.15, -0.1) is 0 Å². The van der Waals surface area contributed by atoms with Crippen molar-refractivity contribution in [2.45, 2.75) is 18.6 Å². The molecule has 0 bridgehead atoms. The molecule has 2 aromatic rings. The smallest absolute Gasteiger partial charge is 0.253 e. The van der Waals surface area contributed by atoms with Crippen LogP contribution < -0.4 is 5.32 Å². The van der Waals surface area contributed by atoms with Crippen LogP contribution in [0.4, 0.5) is 0 Å². The maximum Gasteiger partial charge on any atom is 0.253 e. The number of amides is 1. The molecule has 1 aliphatic heterocycles. The fourth-order valence-corrected chi connectivity index (χ4v) is 3.63. The molecule has 22 heavy (non-hydrogen) atoms. The monoisotopic (exact) mass is 337 g/mol. The van der Waals surface area contributed by atoms with Crippen LogP contribution in [0.25, 0.3) is 5.69 Å². The van der Waals surface area contributed by atoms with E-state index in [9.17, 15) is 9.90 Å². The van der Waals surface area contributed by atoms with Gasteiger partial charge < -0.3 is 10.4 Å². The number of nitrogens with zero attached hydrogens (tertiary/aromatic N) is 2. The number of hydrogen-bond acceptors (Lipinski definition) is 4. The first kappa shape index (κ1) is 15.4. The second kappa shape index (κ2) is 6.32. The molecule has 2 N–H and O–H groups in total. The Balaban J connectivity index is 1.62. The number of hydrogen-bond donors (Lipinski definition) is 2. The number of nitrogens with one attached hydrogen (secondary N) is 1. The summed E-state index contributed by atoms with van der Waals surface area (Å²) in [6.07, 6.45) is 4.05. The molecule has 1 aromatic carbocycles. The van der Waals surface area contributed by atoms with Crippen molar-refractivity contribution in [1.82, 2.24) is 15.1 Å². The fraction of sp³-hybridized carbons (Fsp3) is 0.333. The Morgan fingerprint density at radius 3 is 2.91 bits per heavy atom. The molecule has 0 saturated carbocycles. The van der Waals surface area contributed by atoms with Gasteiger partial charge in [0.25, 0.3) is 5.91 Å². The third-order valence-electron chi connectivity index (χ3n) is 3.60. The Labute approximate surface area is 137 Å². The number of carbonyl (C=O) groups excluding carboxylic acids is 1. The lowest BCUT2D eigenvalue weighted by molar-refractivity contribution is -0.137. The molecule has 0 aliphatic carbocycles. The van der Waals surface area contributed by atoms with Crippen molar-refractivity contribution in [3.8, 4) is 5.69 Å². The zero-order valence-corrected chi connectivity index (χ0v) is 13.4. The number of aromatic nitrogens is 2. The Morgan fingerprint density at radius 1 is 1.45 bits per heavy atom. The molecule has 0 unspecified atom stereocenters. The van der Waals surface area contributed by atoms with E-state index >= 15 is 0 Å². The highest BCUT2D eigenvalue weighted by atomic mass is 35.5. The second-order valence-electron chi connectivity index (χ2n) is 5.29. The van der Waals surface area contributed by atoms with E-state index in [1.165, 1.54) is 0 Å². The number of benzene rings is 1. The predicted molar refractivity (Wildman–Crippen MR) is 87.3 cm³/mol. The van der Waals surface area contributed by atoms with Crippen LogP contribution in [0.2, 0.25) is 5.02 Å². The predicted octanol–water partition coefficient (Wildman–Crippen LogP) is 2.01. The van der Waals surface area contributed by atoms with E-state index in [0.29, 0.717) is 23.7 Å². The highest BCUT2D eigenvalue weighted by Gasteiger charge is 2.39. The summed E-state index contributed by atoms with van der Waals surface area (Å²) in [6, 6.07) is 7.34. The summed E-state index contributed by atoms with van der Waals surface area (Å²) in [5, 5.41) is 17.9. The maximum absolute atomic E-state index is 12.0. The van der Waals surface area contributed by atoms with E-state index in [4.69, 9.17) is 11.6 Å². The van der Waals surface area contributed by atoms with Crippen LogP contribution in [0.5, 0.6) is 0 Å². The van der Waals surface area contributed by atoms with Gasteiger partial charge in [0.05, 0.1) is 11.9 Å². The van der Waals surface area contributed by atoms with Gasteiger partial charge >= 0.3 is 0 Å². The SMILES string of the molecule is O=C(NCc1cnn(-c2ccc(Cl)cc2)c1)[C@@]1(O)CCSC1. The topological polar surface area (TPSA) is 67.2 Å². The summed E-state index contributed by atoms with van der Waals surface area (Å²) in [7, 11) is 0. The third-order valence-corrected chi connectivity index (χ3v) is 5.03. The summed E-state index contributed by atoms with van der Waals surface area (Å²) >= 11 is 7.46. The number of thioether (sulfide) groups is 1. The summed E-state index contributed by atoms with van der Waals surface area (Å²) in [5.74, 6) is 0.970. The number of rotatable bonds is 4. The maximum atomic E-state index is 12.0. The molecule has 1 aliphatic rings. The first-order valence-corrected chi connectivity index (χ1v) is 8.48. The van der Waals surface area contributed by atoms with Gasteiger partial charge in [-0.3, -0.25) is 4.79 Å². The van der Waals surface area contributed by atoms with Crippen LogP contribution in [0, 0.1) is 0 Å². The Kier molecular flexibility index (Phi) is 4.42.